The molecule has 1 amide bonds. The van der Waals surface area contributed by atoms with Gasteiger partial charge in [-0.15, -0.1) is 0 Å². The average Bonchev–Trinajstić information content (AvgIpc) is 3.05. The van der Waals surface area contributed by atoms with Crippen LogP contribution in [0.1, 0.15) is 48.3 Å². The number of rotatable bonds is 5. The van der Waals surface area contributed by atoms with E-state index < -0.39 is 0 Å². The van der Waals surface area contributed by atoms with Gasteiger partial charge in [0.05, 0.1) is 0 Å². The van der Waals surface area contributed by atoms with Crippen molar-refractivity contribution >= 4 is 22.5 Å². The van der Waals surface area contributed by atoms with Crippen molar-refractivity contribution in [3.05, 3.63) is 65.1 Å². The quantitative estimate of drug-likeness (QED) is 0.596. The van der Waals surface area contributed by atoms with Crippen LogP contribution in [-0.2, 0) is 12.8 Å². The van der Waals surface area contributed by atoms with Crippen molar-refractivity contribution in [2.45, 2.75) is 51.6 Å². The maximum absolute atomic E-state index is 13.1. The first-order chi connectivity index (χ1) is 13.5. The molecule has 0 saturated heterocycles. The highest BCUT2D eigenvalue weighted by molar-refractivity contribution is 6.05. The summed E-state index contributed by atoms with van der Waals surface area (Å²) in [5.41, 5.74) is 4.95. The first-order valence-corrected chi connectivity index (χ1v) is 10.00. The summed E-state index contributed by atoms with van der Waals surface area (Å²) in [5.74, 6) is -0.586. The fourth-order valence-corrected chi connectivity index (χ4v) is 3.96. The summed E-state index contributed by atoms with van der Waals surface area (Å²) < 4.78 is 13.1. The van der Waals surface area contributed by atoms with Gasteiger partial charge in [0.25, 0.3) is 5.91 Å². The van der Waals surface area contributed by atoms with Crippen LogP contribution in [0.15, 0.2) is 42.5 Å². The molecule has 28 heavy (non-hydrogen) atoms. The molecule has 4 nitrogen and oxygen atoms in total. The maximum atomic E-state index is 13.1. The Hall–Kier alpha value is -2.66. The molecule has 146 valence electrons. The van der Waals surface area contributed by atoms with E-state index in [0.29, 0.717) is 17.6 Å². The van der Waals surface area contributed by atoms with Crippen LogP contribution in [0.4, 0.5) is 10.1 Å². The largest absolute Gasteiger partial charge is 0.358 e. The Kier molecular flexibility index (Phi) is 5.18. The van der Waals surface area contributed by atoms with E-state index in [1.54, 1.807) is 0 Å². The molecule has 2 unspecified atom stereocenters. The van der Waals surface area contributed by atoms with Gasteiger partial charge in [-0.25, -0.2) is 4.39 Å². The Morgan fingerprint density at radius 1 is 1.25 bits per heavy atom. The minimum atomic E-state index is -0.350. The van der Waals surface area contributed by atoms with E-state index in [-0.39, 0.29) is 11.7 Å². The minimum absolute atomic E-state index is 0.236. The summed E-state index contributed by atoms with van der Waals surface area (Å²) in [6.45, 7) is 4.43. The number of fused-ring (bicyclic) bond motifs is 3. The Morgan fingerprint density at radius 3 is 2.79 bits per heavy atom. The molecule has 5 heteroatoms. The van der Waals surface area contributed by atoms with Crippen LogP contribution >= 0.6 is 0 Å². The molecule has 1 aromatic heterocycles. The zero-order valence-corrected chi connectivity index (χ0v) is 16.3. The number of aromatic amines is 1. The van der Waals surface area contributed by atoms with Crippen LogP contribution < -0.4 is 10.6 Å². The standard InChI is InChI=1S/C23H26FN3O/c1-3-14(2)25-17-8-10-21-19(12-17)20-13-18(9-11-22(20)27-21)26-23(28)15-4-6-16(24)7-5-15/h4-7,9,11,13-14,17,25,27H,3,8,10,12H2,1-2H3,(H,26,28). The summed E-state index contributed by atoms with van der Waals surface area (Å²) >= 11 is 0. The van der Waals surface area contributed by atoms with Crippen LogP contribution in [-0.4, -0.2) is 23.0 Å². The van der Waals surface area contributed by atoms with Gasteiger partial charge >= 0.3 is 0 Å². The Morgan fingerprint density at radius 2 is 2.04 bits per heavy atom. The number of carbonyl (C=O) groups excluding carboxylic acids is 1. The highest BCUT2D eigenvalue weighted by atomic mass is 19.1. The van der Waals surface area contributed by atoms with Crippen molar-refractivity contribution in [3.63, 3.8) is 0 Å². The molecule has 2 atom stereocenters. The highest BCUT2D eigenvalue weighted by Gasteiger charge is 2.23. The van der Waals surface area contributed by atoms with Crippen LogP contribution in [0.25, 0.3) is 10.9 Å². The van der Waals surface area contributed by atoms with Gasteiger partial charge in [-0.3, -0.25) is 4.79 Å². The molecular formula is C23H26FN3O. The van der Waals surface area contributed by atoms with Crippen molar-refractivity contribution in [2.75, 3.05) is 5.32 Å². The summed E-state index contributed by atoms with van der Waals surface area (Å²) in [7, 11) is 0. The average molecular weight is 379 g/mol. The summed E-state index contributed by atoms with van der Waals surface area (Å²) in [4.78, 5) is 16.0. The fraction of sp³-hybridized carbons (Fsp3) is 0.348. The van der Waals surface area contributed by atoms with E-state index >= 15 is 0 Å². The molecule has 1 heterocycles. The molecule has 0 spiro atoms. The van der Waals surface area contributed by atoms with Gasteiger partial charge in [0.15, 0.2) is 0 Å². The van der Waals surface area contributed by atoms with Crippen molar-refractivity contribution in [1.82, 2.24) is 10.3 Å². The minimum Gasteiger partial charge on any atom is -0.358 e. The molecular weight excluding hydrogens is 353 g/mol. The van der Waals surface area contributed by atoms with Gasteiger partial charge in [-0.05, 0) is 80.6 Å². The molecule has 1 aliphatic carbocycles. The van der Waals surface area contributed by atoms with Crippen LogP contribution in [0, 0.1) is 5.82 Å². The molecule has 0 fully saturated rings. The van der Waals surface area contributed by atoms with E-state index in [9.17, 15) is 9.18 Å². The molecule has 1 aliphatic rings. The normalized spacial score (nSPS) is 17.3. The number of carbonyl (C=O) groups is 1. The lowest BCUT2D eigenvalue weighted by Gasteiger charge is -2.26. The smallest absolute Gasteiger partial charge is 0.255 e. The second kappa shape index (κ2) is 7.76. The number of nitrogens with one attached hydrogen (secondary N) is 3. The Balaban J connectivity index is 1.56. The van der Waals surface area contributed by atoms with Crippen LogP contribution in [0.3, 0.4) is 0 Å². The van der Waals surface area contributed by atoms with Gasteiger partial charge in [-0.2, -0.15) is 0 Å². The second-order valence-corrected chi connectivity index (χ2v) is 7.72. The number of hydrogen-bond acceptors (Lipinski definition) is 2. The number of anilines is 1. The lowest BCUT2D eigenvalue weighted by molar-refractivity contribution is 0.102. The SMILES string of the molecule is CCC(C)NC1CCc2[nH]c3ccc(NC(=O)c4ccc(F)cc4)cc3c2C1. The fourth-order valence-electron chi connectivity index (χ4n) is 3.96. The predicted molar refractivity (Wildman–Crippen MR) is 111 cm³/mol. The van der Waals surface area contributed by atoms with Crippen LogP contribution in [0.5, 0.6) is 0 Å². The third kappa shape index (κ3) is 3.80. The number of aryl methyl sites for hydroxylation is 1. The molecule has 2 aromatic carbocycles. The van der Waals surface area contributed by atoms with E-state index in [0.717, 1.165) is 36.9 Å². The van der Waals surface area contributed by atoms with Gasteiger partial charge in [0.1, 0.15) is 5.82 Å². The van der Waals surface area contributed by atoms with Gasteiger partial charge < -0.3 is 15.6 Å². The Bertz CT molecular complexity index is 993. The predicted octanol–water partition coefficient (Wildman–Crippen LogP) is 4.80. The first kappa shape index (κ1) is 18.7. The number of aromatic nitrogens is 1. The topological polar surface area (TPSA) is 56.9 Å². The van der Waals surface area contributed by atoms with Gasteiger partial charge in [0.2, 0.25) is 0 Å². The van der Waals surface area contributed by atoms with E-state index in [1.807, 2.05) is 18.2 Å². The van der Waals surface area contributed by atoms with Gasteiger partial charge in [-0.1, -0.05) is 6.92 Å². The van der Waals surface area contributed by atoms with E-state index in [4.69, 9.17) is 0 Å². The van der Waals surface area contributed by atoms with Crippen molar-refractivity contribution < 1.29 is 9.18 Å². The van der Waals surface area contributed by atoms with Crippen molar-refractivity contribution in [2.24, 2.45) is 0 Å². The van der Waals surface area contributed by atoms with E-state index in [1.165, 1.54) is 40.9 Å². The second-order valence-electron chi connectivity index (χ2n) is 7.72. The zero-order valence-electron chi connectivity index (χ0n) is 16.3. The zero-order chi connectivity index (χ0) is 19.7. The molecule has 0 bridgehead atoms. The third-order valence-electron chi connectivity index (χ3n) is 5.68. The molecule has 4 rings (SSSR count). The molecule has 0 aliphatic heterocycles. The third-order valence-corrected chi connectivity index (χ3v) is 5.68. The van der Waals surface area contributed by atoms with Crippen molar-refractivity contribution in [3.8, 4) is 0 Å². The number of amides is 1. The summed E-state index contributed by atoms with van der Waals surface area (Å²) in [6, 6.07) is 12.5. The Labute approximate surface area is 164 Å². The molecule has 3 N–H and O–H groups in total. The number of H-pyrrole nitrogens is 1. The lowest BCUT2D eigenvalue weighted by atomic mass is 9.91. The monoisotopic (exact) mass is 379 g/mol. The maximum Gasteiger partial charge on any atom is 0.255 e. The number of halogens is 1. The van der Waals surface area contributed by atoms with Crippen LogP contribution in [0.2, 0.25) is 0 Å². The first-order valence-electron chi connectivity index (χ1n) is 10.00. The summed E-state index contributed by atoms with van der Waals surface area (Å²) in [5, 5.41) is 7.82. The van der Waals surface area contributed by atoms with Gasteiger partial charge in [0, 0.05) is 39.9 Å². The van der Waals surface area contributed by atoms with Crippen molar-refractivity contribution in [1.29, 1.82) is 0 Å². The number of hydrogen-bond donors (Lipinski definition) is 3. The number of benzene rings is 2. The molecule has 0 radical (unpaired) electrons. The lowest BCUT2D eigenvalue weighted by Crippen LogP contribution is -2.39. The highest BCUT2D eigenvalue weighted by Crippen LogP contribution is 2.31. The molecule has 0 saturated carbocycles. The van der Waals surface area contributed by atoms with E-state index in [2.05, 4.69) is 29.5 Å². The molecule has 3 aromatic rings. The summed E-state index contributed by atoms with van der Waals surface area (Å²) in [6.07, 6.45) is 4.29.